The molecule has 0 aliphatic carbocycles. The number of carbonyl (C=O) groups is 5. The van der Waals surface area contributed by atoms with Gasteiger partial charge in [-0.15, -0.1) is 0 Å². The van der Waals surface area contributed by atoms with E-state index in [9.17, 15) is 24.0 Å². The van der Waals surface area contributed by atoms with Crippen molar-refractivity contribution >= 4 is 81.4 Å². The lowest BCUT2D eigenvalue weighted by atomic mass is 9.90. The fourth-order valence-corrected chi connectivity index (χ4v) is 5.78. The Hall–Kier alpha value is -3.61. The molecule has 1 aromatic carbocycles. The summed E-state index contributed by atoms with van der Waals surface area (Å²) in [4.78, 5) is 71.1. The van der Waals surface area contributed by atoms with E-state index < -0.39 is 57.4 Å². The Kier molecular flexibility index (Phi) is 15.0. The summed E-state index contributed by atoms with van der Waals surface area (Å²) in [6, 6.07) is 5.57. The van der Waals surface area contributed by atoms with Crippen molar-refractivity contribution in [2.24, 2.45) is 17.3 Å². The number of alkyl carbamates (subject to hydrolysis) is 1. The number of aromatic nitrogens is 1. The number of carbonyl (C=O) groups excluding carboxylic acids is 5. The van der Waals surface area contributed by atoms with Crippen LogP contribution in [0.4, 0.5) is 4.79 Å². The number of pyridine rings is 1. The molecule has 1 aromatic heterocycles. The number of piperidine rings is 1. The zero-order valence-electron chi connectivity index (χ0n) is 31.8. The van der Waals surface area contributed by atoms with Gasteiger partial charge in [0.05, 0.1) is 23.1 Å². The minimum absolute atomic E-state index is 0.111. The van der Waals surface area contributed by atoms with Crippen LogP contribution in [0.25, 0.3) is 16.8 Å². The summed E-state index contributed by atoms with van der Waals surface area (Å²) in [7, 11) is 0. The molecule has 292 valence electrons. The molecule has 1 aliphatic heterocycles. The smallest absolute Gasteiger partial charge is 0.408 e. The Balaban J connectivity index is 1.63. The minimum Gasteiger partial charge on any atom is -0.461 e. The second-order valence-corrected chi connectivity index (χ2v) is 17.9. The first-order valence-electron chi connectivity index (χ1n) is 17.7. The SMILES string of the molecule is CC(C)[C@H](NC(=O)C(C)(C)C=Cc1cc2cc([C@@H](C)NC(=O)OC(C)(C)C)ccc2cn1)C(=O)N[C@@H](C)C(=O)N1CCC[C@@H](C(=O)OCC(Cl)(Cl)Cl)C1. The molecule has 0 unspecified atom stereocenters. The van der Waals surface area contributed by atoms with Gasteiger partial charge in [-0.1, -0.05) is 66.9 Å². The van der Waals surface area contributed by atoms with Gasteiger partial charge in [-0.2, -0.15) is 0 Å². The number of likely N-dealkylation sites (tertiary alicyclic amines) is 1. The Morgan fingerprint density at radius 1 is 0.962 bits per heavy atom. The molecule has 3 N–H and O–H groups in total. The van der Waals surface area contributed by atoms with E-state index in [2.05, 4.69) is 20.9 Å². The van der Waals surface area contributed by atoms with Gasteiger partial charge in [0.15, 0.2) is 0 Å². The number of nitrogens with zero attached hydrogens (tertiary/aromatic N) is 2. The van der Waals surface area contributed by atoms with Crippen LogP contribution in [0.15, 0.2) is 36.5 Å². The van der Waals surface area contributed by atoms with Gasteiger partial charge in [0, 0.05) is 24.7 Å². The summed E-state index contributed by atoms with van der Waals surface area (Å²) in [5.41, 5.74) is -0.141. The first-order valence-corrected chi connectivity index (χ1v) is 18.8. The normalized spacial score (nSPS) is 17.2. The number of amides is 4. The summed E-state index contributed by atoms with van der Waals surface area (Å²) < 4.78 is 8.75. The van der Waals surface area contributed by atoms with E-state index in [-0.39, 0.29) is 30.3 Å². The minimum atomic E-state index is -1.74. The van der Waals surface area contributed by atoms with E-state index in [4.69, 9.17) is 44.3 Å². The van der Waals surface area contributed by atoms with Crippen LogP contribution in [-0.2, 0) is 28.7 Å². The largest absolute Gasteiger partial charge is 0.461 e. The van der Waals surface area contributed by atoms with Crippen LogP contribution in [0.3, 0.4) is 0 Å². The van der Waals surface area contributed by atoms with E-state index in [1.807, 2.05) is 31.2 Å². The van der Waals surface area contributed by atoms with Crippen molar-refractivity contribution in [3.63, 3.8) is 0 Å². The third kappa shape index (κ3) is 13.6. The molecule has 3 rings (SSSR count). The highest BCUT2D eigenvalue weighted by Crippen LogP contribution is 2.28. The number of fused-ring (bicyclic) bond motifs is 1. The first-order chi connectivity index (χ1) is 24.5. The molecule has 4 atom stereocenters. The predicted molar refractivity (Wildman–Crippen MR) is 207 cm³/mol. The summed E-state index contributed by atoms with van der Waals surface area (Å²) >= 11 is 17.1. The van der Waals surface area contributed by atoms with Crippen molar-refractivity contribution in [2.45, 2.75) is 103 Å². The number of benzene rings is 1. The molecule has 0 radical (unpaired) electrons. The molecule has 1 fully saturated rings. The highest BCUT2D eigenvalue weighted by atomic mass is 35.6. The number of hydrogen-bond donors (Lipinski definition) is 3. The average Bonchev–Trinajstić information content (AvgIpc) is 3.06. The number of halogens is 3. The Morgan fingerprint density at radius 2 is 1.64 bits per heavy atom. The highest BCUT2D eigenvalue weighted by molar-refractivity contribution is 6.67. The van der Waals surface area contributed by atoms with E-state index in [0.29, 0.717) is 25.1 Å². The second-order valence-electron chi connectivity index (χ2n) is 15.4. The first kappa shape index (κ1) is 43.8. The zero-order chi connectivity index (χ0) is 39.9. The van der Waals surface area contributed by atoms with Crippen LogP contribution >= 0.6 is 34.8 Å². The van der Waals surface area contributed by atoms with Crippen molar-refractivity contribution in [2.75, 3.05) is 19.7 Å². The molecule has 0 spiro atoms. The molecule has 0 saturated carbocycles. The predicted octanol–water partition coefficient (Wildman–Crippen LogP) is 6.66. The van der Waals surface area contributed by atoms with Gasteiger partial charge in [-0.05, 0) is 96.4 Å². The third-order valence-electron chi connectivity index (χ3n) is 8.67. The molecule has 1 saturated heterocycles. The summed E-state index contributed by atoms with van der Waals surface area (Å²) in [6.07, 6.45) is 5.78. The van der Waals surface area contributed by atoms with Crippen LogP contribution in [0, 0.1) is 17.3 Å². The van der Waals surface area contributed by atoms with E-state index in [1.54, 1.807) is 73.7 Å². The van der Waals surface area contributed by atoms with Crippen LogP contribution in [0.2, 0.25) is 0 Å². The van der Waals surface area contributed by atoms with E-state index >= 15 is 0 Å². The van der Waals surface area contributed by atoms with Crippen LogP contribution in [0.1, 0.15) is 92.5 Å². The molecule has 1 aliphatic rings. The quantitative estimate of drug-likeness (QED) is 0.159. The van der Waals surface area contributed by atoms with Gasteiger partial charge in [0.1, 0.15) is 24.3 Å². The van der Waals surface area contributed by atoms with E-state index in [1.165, 1.54) is 4.90 Å². The lowest BCUT2D eigenvalue weighted by molar-refractivity contribution is -0.152. The Labute approximate surface area is 327 Å². The number of nitrogens with one attached hydrogen (secondary N) is 3. The number of hydrogen-bond acceptors (Lipinski definition) is 8. The molecule has 4 amide bonds. The lowest BCUT2D eigenvalue weighted by Crippen LogP contribution is -2.57. The van der Waals surface area contributed by atoms with Crippen molar-refractivity contribution in [3.8, 4) is 0 Å². The summed E-state index contributed by atoms with van der Waals surface area (Å²) in [5, 5.41) is 10.3. The zero-order valence-corrected chi connectivity index (χ0v) is 34.1. The number of esters is 1. The Morgan fingerprint density at radius 3 is 2.26 bits per heavy atom. The standard InChI is InChI=1S/C38H52Cl3N5O7/c1-22(2)30(31(47)43-24(4)32(48)46-16-10-11-27(20-46)33(49)52-21-38(39,40)41)45-34(50)37(8,9)15-14-29-18-28-17-25(12-13-26(28)19-42-29)23(3)44-35(51)53-36(5,6)7/h12-15,17-19,22-24,27,30H,10-11,16,20-21H2,1-9H3,(H,43,47)(H,44,51)(H,45,50)/t23-,24+,27-,30+/m1/s1. The molecule has 53 heavy (non-hydrogen) atoms. The molecule has 2 aromatic rings. The van der Waals surface area contributed by atoms with Gasteiger partial charge in [-0.3, -0.25) is 24.2 Å². The summed E-state index contributed by atoms with van der Waals surface area (Å²) in [5.74, 6) is -2.70. The number of ether oxygens (including phenoxy) is 2. The lowest BCUT2D eigenvalue weighted by Gasteiger charge is -2.34. The highest BCUT2D eigenvalue weighted by Gasteiger charge is 2.35. The molecular formula is C38H52Cl3N5O7. The van der Waals surface area contributed by atoms with Crippen molar-refractivity contribution in [1.82, 2.24) is 25.8 Å². The third-order valence-corrected chi connectivity index (χ3v) is 8.99. The number of rotatable bonds is 12. The summed E-state index contributed by atoms with van der Waals surface area (Å²) in [6.45, 7) is 16.0. The van der Waals surface area contributed by atoms with Gasteiger partial charge < -0.3 is 30.3 Å². The van der Waals surface area contributed by atoms with Gasteiger partial charge in [0.2, 0.25) is 21.5 Å². The molecular weight excluding hydrogens is 745 g/mol. The van der Waals surface area contributed by atoms with Crippen LogP contribution in [0.5, 0.6) is 0 Å². The maximum absolute atomic E-state index is 13.5. The van der Waals surface area contributed by atoms with Crippen molar-refractivity contribution in [3.05, 3.63) is 47.8 Å². The van der Waals surface area contributed by atoms with Gasteiger partial charge in [-0.25, -0.2) is 4.79 Å². The average molecular weight is 797 g/mol. The topological polar surface area (TPSA) is 156 Å². The maximum Gasteiger partial charge on any atom is 0.408 e. The monoisotopic (exact) mass is 795 g/mol. The van der Waals surface area contributed by atoms with Gasteiger partial charge >= 0.3 is 12.1 Å². The fourth-order valence-electron chi connectivity index (χ4n) is 5.62. The van der Waals surface area contributed by atoms with Crippen LogP contribution < -0.4 is 16.0 Å². The molecule has 12 nitrogen and oxygen atoms in total. The Bertz CT molecular complexity index is 1690. The van der Waals surface area contributed by atoms with E-state index in [0.717, 1.165) is 16.3 Å². The maximum atomic E-state index is 13.5. The molecule has 2 heterocycles. The fraction of sp³-hybridized carbons (Fsp3) is 0.579. The van der Waals surface area contributed by atoms with Crippen molar-refractivity contribution < 1.29 is 33.4 Å². The second kappa shape index (κ2) is 18.1. The van der Waals surface area contributed by atoms with Crippen LogP contribution in [-0.4, -0.2) is 80.8 Å². The number of alkyl halides is 3. The van der Waals surface area contributed by atoms with Gasteiger partial charge in [0.25, 0.3) is 0 Å². The molecule has 15 heteroatoms. The van der Waals surface area contributed by atoms with Crippen molar-refractivity contribution in [1.29, 1.82) is 0 Å². The molecule has 0 bridgehead atoms.